The minimum Gasteiger partial charge on any atom is -0.508 e. The summed E-state index contributed by atoms with van der Waals surface area (Å²) in [6.45, 7) is 0.0879. The van der Waals surface area contributed by atoms with Gasteiger partial charge in [0.05, 0.1) is 0 Å². The number of carbonyl (C=O) groups is 1. The fourth-order valence-electron chi connectivity index (χ4n) is 1.97. The molecule has 0 fully saturated rings. The average molecular weight is 318 g/mol. The minimum absolute atomic E-state index is 0.0879. The molecule has 2 rings (SSSR count). The van der Waals surface area contributed by atoms with Gasteiger partial charge in [-0.1, -0.05) is 18.2 Å². The van der Waals surface area contributed by atoms with Crippen molar-refractivity contribution in [3.05, 3.63) is 47.5 Å². The largest absolute Gasteiger partial charge is 0.508 e. The van der Waals surface area contributed by atoms with Gasteiger partial charge >= 0.3 is 0 Å². The molecule has 23 heavy (non-hydrogen) atoms. The molecular formula is C16H18N2O5. The van der Waals surface area contributed by atoms with Crippen molar-refractivity contribution in [3.63, 3.8) is 0 Å². The molecule has 0 heterocycles. The Morgan fingerprint density at radius 3 is 2.30 bits per heavy atom. The minimum atomic E-state index is -0.594. The number of aryl methyl sites for hydroxylation is 1. The number of nitrogens with one attached hydrogen (secondary N) is 2. The van der Waals surface area contributed by atoms with Crippen molar-refractivity contribution in [2.75, 3.05) is 0 Å². The number of aromatic hydroxyl groups is 4. The second-order valence-electron chi connectivity index (χ2n) is 5.01. The summed E-state index contributed by atoms with van der Waals surface area (Å²) >= 11 is 0. The van der Waals surface area contributed by atoms with Gasteiger partial charge in [-0.05, 0) is 30.2 Å². The zero-order valence-electron chi connectivity index (χ0n) is 12.3. The molecule has 0 unspecified atom stereocenters. The Morgan fingerprint density at radius 1 is 0.913 bits per heavy atom. The molecule has 122 valence electrons. The van der Waals surface area contributed by atoms with Crippen molar-refractivity contribution < 1.29 is 25.2 Å². The van der Waals surface area contributed by atoms with E-state index in [1.807, 2.05) is 0 Å². The fourth-order valence-corrected chi connectivity index (χ4v) is 1.97. The zero-order valence-corrected chi connectivity index (χ0v) is 12.3. The lowest BCUT2D eigenvalue weighted by Crippen LogP contribution is -2.36. The van der Waals surface area contributed by atoms with Gasteiger partial charge in [0.15, 0.2) is 11.5 Å². The summed E-state index contributed by atoms with van der Waals surface area (Å²) in [4.78, 5) is 11.7. The van der Waals surface area contributed by atoms with Crippen LogP contribution in [0.1, 0.15) is 17.5 Å². The summed E-state index contributed by atoms with van der Waals surface area (Å²) in [7, 11) is 0. The highest BCUT2D eigenvalue weighted by atomic mass is 16.3. The van der Waals surface area contributed by atoms with E-state index in [4.69, 9.17) is 0 Å². The van der Waals surface area contributed by atoms with Crippen molar-refractivity contribution in [2.45, 2.75) is 19.4 Å². The van der Waals surface area contributed by atoms with Gasteiger partial charge in [-0.25, -0.2) is 5.43 Å². The second-order valence-corrected chi connectivity index (χ2v) is 5.01. The van der Waals surface area contributed by atoms with Crippen LogP contribution in [0.3, 0.4) is 0 Å². The van der Waals surface area contributed by atoms with Crippen LogP contribution in [0.4, 0.5) is 0 Å². The summed E-state index contributed by atoms with van der Waals surface area (Å²) < 4.78 is 0. The van der Waals surface area contributed by atoms with Gasteiger partial charge in [0.1, 0.15) is 5.75 Å². The number of amides is 1. The van der Waals surface area contributed by atoms with Crippen molar-refractivity contribution in [2.24, 2.45) is 0 Å². The highest BCUT2D eigenvalue weighted by molar-refractivity contribution is 5.75. The van der Waals surface area contributed by atoms with Crippen LogP contribution in [0.5, 0.6) is 23.0 Å². The van der Waals surface area contributed by atoms with Gasteiger partial charge < -0.3 is 20.4 Å². The van der Waals surface area contributed by atoms with Gasteiger partial charge in [0.2, 0.25) is 11.7 Å². The summed E-state index contributed by atoms with van der Waals surface area (Å²) in [5.74, 6) is -1.50. The standard InChI is InChI=1S/C16H18N2O5/c19-12-5-1-10(2-6-12)3-8-14(21)18-17-9-11-4-7-13(20)16(23)15(11)22/h1-2,4-7,17,19-20,22-23H,3,8-9H2,(H,18,21). The molecular weight excluding hydrogens is 300 g/mol. The third-order valence-electron chi connectivity index (χ3n) is 3.30. The monoisotopic (exact) mass is 318 g/mol. The Morgan fingerprint density at radius 2 is 1.61 bits per heavy atom. The van der Waals surface area contributed by atoms with E-state index in [1.54, 1.807) is 24.3 Å². The van der Waals surface area contributed by atoms with E-state index in [2.05, 4.69) is 10.9 Å². The number of rotatable bonds is 6. The zero-order chi connectivity index (χ0) is 16.8. The first kappa shape index (κ1) is 16.4. The number of phenolic OH excluding ortho intramolecular Hbond substituents is 4. The summed E-state index contributed by atoms with van der Waals surface area (Å²) in [5.41, 5.74) is 6.38. The molecule has 1 amide bonds. The fraction of sp³-hybridized carbons (Fsp3) is 0.188. The Kier molecular flexibility index (Phi) is 5.27. The first-order chi connectivity index (χ1) is 11.0. The lowest BCUT2D eigenvalue weighted by molar-refractivity contribution is -0.122. The number of hydrogen-bond donors (Lipinski definition) is 6. The van der Waals surface area contributed by atoms with Crippen LogP contribution in [-0.2, 0) is 17.8 Å². The van der Waals surface area contributed by atoms with E-state index in [1.165, 1.54) is 12.1 Å². The summed E-state index contributed by atoms with van der Waals surface area (Å²) in [5, 5.41) is 37.4. The number of hydrogen-bond acceptors (Lipinski definition) is 6. The summed E-state index contributed by atoms with van der Waals surface area (Å²) in [6.07, 6.45) is 0.781. The molecule has 0 spiro atoms. The van der Waals surface area contributed by atoms with Gasteiger partial charge in [0, 0.05) is 18.5 Å². The van der Waals surface area contributed by atoms with Crippen LogP contribution in [0.15, 0.2) is 36.4 Å². The number of carbonyl (C=O) groups excluding carboxylic acids is 1. The van der Waals surface area contributed by atoms with Gasteiger partial charge in [0.25, 0.3) is 0 Å². The predicted octanol–water partition coefficient (Wildman–Crippen LogP) is 1.26. The van der Waals surface area contributed by atoms with Crippen LogP contribution in [-0.4, -0.2) is 26.3 Å². The maximum absolute atomic E-state index is 11.7. The molecule has 0 bridgehead atoms. The van der Waals surface area contributed by atoms with Gasteiger partial charge in [-0.3, -0.25) is 10.2 Å². The normalized spacial score (nSPS) is 10.4. The average Bonchev–Trinajstić information content (AvgIpc) is 2.54. The Bertz CT molecular complexity index is 686. The molecule has 0 radical (unpaired) electrons. The van der Waals surface area contributed by atoms with E-state index in [-0.39, 0.29) is 24.6 Å². The molecule has 0 aliphatic rings. The third-order valence-corrected chi connectivity index (χ3v) is 3.30. The van der Waals surface area contributed by atoms with Gasteiger partial charge in [-0.2, -0.15) is 0 Å². The molecule has 2 aromatic rings. The third kappa shape index (κ3) is 4.52. The second kappa shape index (κ2) is 7.37. The van der Waals surface area contributed by atoms with Crippen molar-refractivity contribution in [1.29, 1.82) is 0 Å². The van der Waals surface area contributed by atoms with Crippen LogP contribution in [0, 0.1) is 0 Å². The highest BCUT2D eigenvalue weighted by Gasteiger charge is 2.11. The highest BCUT2D eigenvalue weighted by Crippen LogP contribution is 2.36. The van der Waals surface area contributed by atoms with E-state index >= 15 is 0 Å². The van der Waals surface area contributed by atoms with Crippen molar-refractivity contribution in [1.82, 2.24) is 10.9 Å². The molecule has 7 heteroatoms. The predicted molar refractivity (Wildman–Crippen MR) is 82.8 cm³/mol. The van der Waals surface area contributed by atoms with E-state index < -0.39 is 17.2 Å². The van der Waals surface area contributed by atoms with Crippen LogP contribution in [0.25, 0.3) is 0 Å². The molecule has 0 atom stereocenters. The number of benzene rings is 2. The van der Waals surface area contributed by atoms with Gasteiger partial charge in [-0.15, -0.1) is 0 Å². The Hall–Kier alpha value is -2.93. The van der Waals surface area contributed by atoms with E-state index in [0.717, 1.165) is 5.56 Å². The Balaban J connectivity index is 1.77. The van der Waals surface area contributed by atoms with E-state index in [0.29, 0.717) is 12.0 Å². The van der Waals surface area contributed by atoms with Crippen molar-refractivity contribution >= 4 is 5.91 Å². The molecule has 6 N–H and O–H groups in total. The van der Waals surface area contributed by atoms with Crippen LogP contribution < -0.4 is 10.9 Å². The SMILES string of the molecule is O=C(CCc1ccc(O)cc1)NNCc1ccc(O)c(O)c1O. The molecule has 0 aliphatic heterocycles. The molecule has 0 aliphatic carbocycles. The van der Waals surface area contributed by atoms with Crippen LogP contribution >= 0.6 is 0 Å². The molecule has 0 saturated heterocycles. The smallest absolute Gasteiger partial charge is 0.234 e. The lowest BCUT2D eigenvalue weighted by atomic mass is 10.1. The quantitative estimate of drug-likeness (QED) is 0.352. The summed E-state index contributed by atoms with van der Waals surface area (Å²) in [6, 6.07) is 9.29. The topological polar surface area (TPSA) is 122 Å². The maximum Gasteiger partial charge on any atom is 0.234 e. The Labute approximate surface area is 132 Å². The maximum atomic E-state index is 11.7. The number of hydrazine groups is 1. The first-order valence-electron chi connectivity index (χ1n) is 6.99. The number of phenols is 4. The lowest BCUT2D eigenvalue weighted by Gasteiger charge is -2.10. The molecule has 7 nitrogen and oxygen atoms in total. The van der Waals surface area contributed by atoms with E-state index in [9.17, 15) is 25.2 Å². The molecule has 2 aromatic carbocycles. The first-order valence-corrected chi connectivity index (χ1v) is 6.99. The molecule has 0 saturated carbocycles. The van der Waals surface area contributed by atoms with Crippen LogP contribution in [0.2, 0.25) is 0 Å². The molecule has 0 aromatic heterocycles. The van der Waals surface area contributed by atoms with Crippen molar-refractivity contribution in [3.8, 4) is 23.0 Å².